The summed E-state index contributed by atoms with van der Waals surface area (Å²) in [6, 6.07) is 8.18. The van der Waals surface area contributed by atoms with Gasteiger partial charge in [0.25, 0.3) is 0 Å². The largest absolute Gasteiger partial charge is 0.490 e. The van der Waals surface area contributed by atoms with E-state index in [4.69, 9.17) is 9.47 Å². The van der Waals surface area contributed by atoms with Crippen molar-refractivity contribution in [2.45, 2.75) is 32.0 Å². The van der Waals surface area contributed by atoms with E-state index in [1.165, 1.54) is 6.42 Å². The van der Waals surface area contributed by atoms with E-state index in [-0.39, 0.29) is 0 Å². The van der Waals surface area contributed by atoms with Crippen LogP contribution < -0.4 is 10.1 Å². The first-order valence-electron chi connectivity index (χ1n) is 6.34. The Kier molecular flexibility index (Phi) is 4.83. The third kappa shape index (κ3) is 4.02. The SMILES string of the molecule is COCc1cccc(OC2CCCNCC2)c1. The van der Waals surface area contributed by atoms with Crippen LogP contribution in [0.2, 0.25) is 0 Å². The minimum absolute atomic E-state index is 0.350. The first-order valence-corrected chi connectivity index (χ1v) is 6.34. The zero-order valence-corrected chi connectivity index (χ0v) is 10.4. The molecular formula is C14H21NO2. The highest BCUT2D eigenvalue weighted by Gasteiger charge is 2.13. The van der Waals surface area contributed by atoms with Gasteiger partial charge in [0.05, 0.1) is 12.7 Å². The highest BCUT2D eigenvalue weighted by molar-refractivity contribution is 5.28. The molecule has 0 spiro atoms. The van der Waals surface area contributed by atoms with Gasteiger partial charge in [-0.15, -0.1) is 0 Å². The lowest BCUT2D eigenvalue weighted by Crippen LogP contribution is -2.19. The summed E-state index contributed by atoms with van der Waals surface area (Å²) < 4.78 is 11.2. The lowest BCUT2D eigenvalue weighted by molar-refractivity contribution is 0.178. The molecule has 1 heterocycles. The Bertz CT molecular complexity index is 333. The van der Waals surface area contributed by atoms with Crippen molar-refractivity contribution < 1.29 is 9.47 Å². The molecule has 1 aromatic rings. The normalized spacial score (nSPS) is 20.9. The van der Waals surface area contributed by atoms with Crippen molar-refractivity contribution in [1.82, 2.24) is 5.32 Å². The molecule has 0 saturated carbocycles. The van der Waals surface area contributed by atoms with Gasteiger partial charge >= 0.3 is 0 Å². The van der Waals surface area contributed by atoms with Crippen molar-refractivity contribution in [2.24, 2.45) is 0 Å². The molecule has 94 valence electrons. The van der Waals surface area contributed by atoms with E-state index < -0.39 is 0 Å². The van der Waals surface area contributed by atoms with Crippen LogP contribution in [0.3, 0.4) is 0 Å². The van der Waals surface area contributed by atoms with Gasteiger partial charge in [0, 0.05) is 7.11 Å². The molecule has 3 heteroatoms. The van der Waals surface area contributed by atoms with Crippen molar-refractivity contribution >= 4 is 0 Å². The molecule has 0 aromatic heterocycles. The second kappa shape index (κ2) is 6.62. The lowest BCUT2D eigenvalue weighted by Gasteiger charge is -2.17. The van der Waals surface area contributed by atoms with Gasteiger partial charge in [0.2, 0.25) is 0 Å². The second-order valence-corrected chi connectivity index (χ2v) is 4.50. The van der Waals surface area contributed by atoms with E-state index in [1.54, 1.807) is 7.11 Å². The Labute approximate surface area is 103 Å². The van der Waals surface area contributed by atoms with Gasteiger partial charge in [-0.1, -0.05) is 12.1 Å². The predicted molar refractivity (Wildman–Crippen MR) is 68.3 cm³/mol. The summed E-state index contributed by atoms with van der Waals surface area (Å²) in [5, 5.41) is 3.39. The molecule has 1 aromatic carbocycles. The molecule has 1 aliphatic heterocycles. The Morgan fingerprint density at radius 1 is 1.29 bits per heavy atom. The number of benzene rings is 1. The molecule has 3 nitrogen and oxygen atoms in total. The predicted octanol–water partition coefficient (Wildman–Crippen LogP) is 2.35. The van der Waals surface area contributed by atoms with E-state index in [0.29, 0.717) is 12.7 Å². The molecule has 1 saturated heterocycles. The Morgan fingerprint density at radius 3 is 3.12 bits per heavy atom. The average Bonchev–Trinajstić information content (AvgIpc) is 2.59. The molecule has 1 fully saturated rings. The van der Waals surface area contributed by atoms with Crippen LogP contribution in [-0.2, 0) is 11.3 Å². The van der Waals surface area contributed by atoms with Crippen LogP contribution in [0.15, 0.2) is 24.3 Å². The van der Waals surface area contributed by atoms with Crippen LogP contribution in [-0.4, -0.2) is 26.3 Å². The van der Waals surface area contributed by atoms with Crippen LogP contribution in [0.4, 0.5) is 0 Å². The maximum atomic E-state index is 6.03. The first kappa shape index (κ1) is 12.4. The number of ether oxygens (including phenoxy) is 2. The molecule has 0 bridgehead atoms. The van der Waals surface area contributed by atoms with E-state index in [2.05, 4.69) is 17.4 Å². The Hall–Kier alpha value is -1.06. The van der Waals surface area contributed by atoms with Crippen molar-refractivity contribution in [3.8, 4) is 5.75 Å². The minimum atomic E-state index is 0.350. The molecule has 1 aliphatic rings. The maximum Gasteiger partial charge on any atom is 0.120 e. The van der Waals surface area contributed by atoms with Crippen LogP contribution in [0.5, 0.6) is 5.75 Å². The molecule has 1 N–H and O–H groups in total. The summed E-state index contributed by atoms with van der Waals surface area (Å²) in [5.41, 5.74) is 1.16. The van der Waals surface area contributed by atoms with Gasteiger partial charge in [-0.3, -0.25) is 0 Å². The molecule has 17 heavy (non-hydrogen) atoms. The summed E-state index contributed by atoms with van der Waals surface area (Å²) in [6.07, 6.45) is 3.78. The van der Waals surface area contributed by atoms with E-state index in [1.807, 2.05) is 12.1 Å². The summed E-state index contributed by atoms with van der Waals surface area (Å²) in [4.78, 5) is 0. The third-order valence-corrected chi connectivity index (χ3v) is 3.03. The standard InChI is InChI=1S/C14H21NO2/c1-16-11-12-4-2-5-14(10-12)17-13-6-3-8-15-9-7-13/h2,4-5,10,13,15H,3,6-9,11H2,1H3. The number of rotatable bonds is 4. The Morgan fingerprint density at radius 2 is 2.24 bits per heavy atom. The number of hydrogen-bond acceptors (Lipinski definition) is 3. The van der Waals surface area contributed by atoms with Gasteiger partial charge < -0.3 is 14.8 Å². The van der Waals surface area contributed by atoms with Crippen LogP contribution >= 0.6 is 0 Å². The number of nitrogens with one attached hydrogen (secondary N) is 1. The van der Waals surface area contributed by atoms with E-state index >= 15 is 0 Å². The molecule has 0 amide bonds. The van der Waals surface area contributed by atoms with Gasteiger partial charge in [-0.2, -0.15) is 0 Å². The smallest absolute Gasteiger partial charge is 0.120 e. The number of methoxy groups -OCH3 is 1. The fourth-order valence-corrected chi connectivity index (χ4v) is 2.17. The fourth-order valence-electron chi connectivity index (χ4n) is 2.17. The summed E-state index contributed by atoms with van der Waals surface area (Å²) in [7, 11) is 1.71. The van der Waals surface area contributed by atoms with Crippen molar-refractivity contribution in [3.63, 3.8) is 0 Å². The first-order chi connectivity index (χ1) is 8.38. The topological polar surface area (TPSA) is 30.5 Å². The quantitative estimate of drug-likeness (QED) is 0.869. The summed E-state index contributed by atoms with van der Waals surface area (Å²) in [6.45, 7) is 2.81. The van der Waals surface area contributed by atoms with Crippen LogP contribution in [0, 0.1) is 0 Å². The molecular weight excluding hydrogens is 214 g/mol. The monoisotopic (exact) mass is 235 g/mol. The highest BCUT2D eigenvalue weighted by Crippen LogP contribution is 2.19. The summed E-state index contributed by atoms with van der Waals surface area (Å²) in [5.74, 6) is 0.964. The average molecular weight is 235 g/mol. The Balaban J connectivity index is 1.94. The van der Waals surface area contributed by atoms with Gasteiger partial charge in [0.15, 0.2) is 0 Å². The van der Waals surface area contributed by atoms with E-state index in [0.717, 1.165) is 37.2 Å². The van der Waals surface area contributed by atoms with Crippen LogP contribution in [0.25, 0.3) is 0 Å². The zero-order chi connectivity index (χ0) is 11.9. The fraction of sp³-hybridized carbons (Fsp3) is 0.571. The molecule has 0 aliphatic carbocycles. The summed E-state index contributed by atoms with van der Waals surface area (Å²) >= 11 is 0. The third-order valence-electron chi connectivity index (χ3n) is 3.03. The molecule has 1 unspecified atom stereocenters. The van der Waals surface area contributed by atoms with Crippen molar-refractivity contribution in [1.29, 1.82) is 0 Å². The maximum absolute atomic E-state index is 6.03. The lowest BCUT2D eigenvalue weighted by atomic mass is 10.1. The van der Waals surface area contributed by atoms with Gasteiger partial charge in [0.1, 0.15) is 5.75 Å². The highest BCUT2D eigenvalue weighted by atomic mass is 16.5. The van der Waals surface area contributed by atoms with Gasteiger partial charge in [-0.25, -0.2) is 0 Å². The molecule has 0 radical (unpaired) electrons. The molecule has 2 rings (SSSR count). The second-order valence-electron chi connectivity index (χ2n) is 4.50. The minimum Gasteiger partial charge on any atom is -0.490 e. The van der Waals surface area contributed by atoms with Crippen LogP contribution in [0.1, 0.15) is 24.8 Å². The zero-order valence-electron chi connectivity index (χ0n) is 10.4. The van der Waals surface area contributed by atoms with Crippen molar-refractivity contribution in [3.05, 3.63) is 29.8 Å². The van der Waals surface area contributed by atoms with Gasteiger partial charge in [-0.05, 0) is 50.0 Å². The van der Waals surface area contributed by atoms with E-state index in [9.17, 15) is 0 Å². The molecule has 1 atom stereocenters. The number of hydrogen-bond donors (Lipinski definition) is 1. The van der Waals surface area contributed by atoms with Crippen molar-refractivity contribution in [2.75, 3.05) is 20.2 Å².